The zero-order chi connectivity index (χ0) is 11.4. The Hall–Kier alpha value is -1.49. The Kier molecular flexibility index (Phi) is 3.46. The number of hydrogen-bond donors (Lipinski definition) is 2. The molecule has 2 amide bonds. The molecule has 1 atom stereocenters. The normalized spacial score (nSPS) is 19.2. The Labute approximate surface area is 97.8 Å². The number of amides is 2. The fourth-order valence-corrected chi connectivity index (χ4v) is 2.37. The highest BCUT2D eigenvalue weighted by molar-refractivity contribution is 8.01. The van der Waals surface area contributed by atoms with E-state index in [9.17, 15) is 9.59 Å². The van der Waals surface area contributed by atoms with Gasteiger partial charge in [-0.2, -0.15) is 0 Å². The molecule has 0 aliphatic carbocycles. The van der Waals surface area contributed by atoms with E-state index in [4.69, 9.17) is 0 Å². The van der Waals surface area contributed by atoms with Crippen LogP contribution in [-0.4, -0.2) is 22.9 Å². The fraction of sp³-hybridized carbons (Fsp3) is 0.273. The van der Waals surface area contributed by atoms with Gasteiger partial charge in [0.2, 0.25) is 11.8 Å². The van der Waals surface area contributed by atoms with Gasteiger partial charge < -0.3 is 10.6 Å². The van der Waals surface area contributed by atoms with Crippen LogP contribution in [0.2, 0.25) is 0 Å². The van der Waals surface area contributed by atoms with Gasteiger partial charge in [0.15, 0.2) is 0 Å². The first-order valence-corrected chi connectivity index (χ1v) is 6.05. The smallest absolute Gasteiger partial charge is 0.230 e. The molecule has 1 fully saturated rings. The third-order valence-corrected chi connectivity index (χ3v) is 3.28. The van der Waals surface area contributed by atoms with Gasteiger partial charge in [-0.05, 0) is 12.1 Å². The number of carbonyl (C=O) groups is 2. The standard InChI is InChI=1S/C11H12N2O2S/c14-9(6-11-13-10(15)7-16-11)12-8-4-2-1-3-5-8/h1-5,11H,6-7H2,(H,12,14)(H,13,15). The van der Waals surface area contributed by atoms with Crippen LogP contribution in [0.5, 0.6) is 0 Å². The van der Waals surface area contributed by atoms with Crippen molar-refractivity contribution in [2.24, 2.45) is 0 Å². The lowest BCUT2D eigenvalue weighted by atomic mass is 10.3. The maximum absolute atomic E-state index is 11.6. The summed E-state index contributed by atoms with van der Waals surface area (Å²) in [6.45, 7) is 0. The molecule has 4 nitrogen and oxygen atoms in total. The average Bonchev–Trinajstić information content (AvgIpc) is 2.65. The summed E-state index contributed by atoms with van der Waals surface area (Å²) in [5, 5.41) is 5.43. The van der Waals surface area contributed by atoms with Gasteiger partial charge >= 0.3 is 0 Å². The molecule has 0 aromatic heterocycles. The van der Waals surface area contributed by atoms with Crippen molar-refractivity contribution in [3.05, 3.63) is 30.3 Å². The number of anilines is 1. The molecule has 2 rings (SSSR count). The lowest BCUT2D eigenvalue weighted by Gasteiger charge is -2.09. The second-order valence-electron chi connectivity index (χ2n) is 3.49. The molecule has 5 heteroatoms. The Bertz CT molecular complexity index is 394. The van der Waals surface area contributed by atoms with Gasteiger partial charge in [-0.25, -0.2) is 0 Å². The predicted octanol–water partition coefficient (Wildman–Crippen LogP) is 1.20. The first-order chi connectivity index (χ1) is 7.74. The monoisotopic (exact) mass is 236 g/mol. The molecule has 1 heterocycles. The number of rotatable bonds is 3. The summed E-state index contributed by atoms with van der Waals surface area (Å²) in [6.07, 6.45) is 0.311. The van der Waals surface area contributed by atoms with Crippen molar-refractivity contribution in [2.45, 2.75) is 11.8 Å². The molecule has 1 saturated heterocycles. The van der Waals surface area contributed by atoms with E-state index >= 15 is 0 Å². The zero-order valence-corrected chi connectivity index (χ0v) is 9.42. The van der Waals surface area contributed by atoms with Crippen molar-refractivity contribution >= 4 is 29.3 Å². The molecular formula is C11H12N2O2S. The lowest BCUT2D eigenvalue weighted by Crippen LogP contribution is -2.29. The summed E-state index contributed by atoms with van der Waals surface area (Å²) < 4.78 is 0. The number of hydrogen-bond acceptors (Lipinski definition) is 3. The highest BCUT2D eigenvalue weighted by atomic mass is 32.2. The van der Waals surface area contributed by atoms with Crippen molar-refractivity contribution in [3.63, 3.8) is 0 Å². The molecule has 1 aromatic carbocycles. The van der Waals surface area contributed by atoms with Gasteiger partial charge in [-0.15, -0.1) is 11.8 Å². The molecule has 2 N–H and O–H groups in total. The Balaban J connectivity index is 1.83. The SMILES string of the molecule is O=C(CC1NC(=O)CS1)Nc1ccccc1. The first kappa shape index (κ1) is 11.0. The number of thioether (sulfide) groups is 1. The largest absolute Gasteiger partial charge is 0.343 e. The quantitative estimate of drug-likeness (QED) is 0.829. The van der Waals surface area contributed by atoms with Crippen molar-refractivity contribution in [1.29, 1.82) is 0 Å². The molecule has 0 radical (unpaired) electrons. The van der Waals surface area contributed by atoms with Crippen molar-refractivity contribution in [1.82, 2.24) is 5.32 Å². The minimum Gasteiger partial charge on any atom is -0.343 e. The van der Waals surface area contributed by atoms with E-state index < -0.39 is 0 Å². The number of carbonyl (C=O) groups excluding carboxylic acids is 2. The summed E-state index contributed by atoms with van der Waals surface area (Å²) in [7, 11) is 0. The van der Waals surface area contributed by atoms with Gasteiger partial charge in [-0.3, -0.25) is 9.59 Å². The van der Waals surface area contributed by atoms with Crippen LogP contribution in [0.1, 0.15) is 6.42 Å². The van der Waals surface area contributed by atoms with E-state index in [0.29, 0.717) is 12.2 Å². The minimum absolute atomic E-state index is 0.00233. The number of benzene rings is 1. The van der Waals surface area contributed by atoms with E-state index in [1.54, 1.807) is 0 Å². The van der Waals surface area contributed by atoms with Crippen LogP contribution < -0.4 is 10.6 Å². The summed E-state index contributed by atoms with van der Waals surface area (Å²) >= 11 is 1.47. The topological polar surface area (TPSA) is 58.2 Å². The molecule has 16 heavy (non-hydrogen) atoms. The zero-order valence-electron chi connectivity index (χ0n) is 8.60. The summed E-state index contributed by atoms with van der Waals surface area (Å²) in [4.78, 5) is 22.5. The molecule has 1 aromatic rings. The number of para-hydroxylation sites is 1. The van der Waals surface area contributed by atoms with E-state index in [-0.39, 0.29) is 17.2 Å². The molecule has 0 bridgehead atoms. The third-order valence-electron chi connectivity index (χ3n) is 2.17. The van der Waals surface area contributed by atoms with Crippen molar-refractivity contribution < 1.29 is 9.59 Å². The molecule has 0 spiro atoms. The van der Waals surface area contributed by atoms with Gasteiger partial charge in [0.25, 0.3) is 0 Å². The predicted molar refractivity (Wildman–Crippen MR) is 64.1 cm³/mol. The molecule has 1 aliphatic rings. The summed E-state index contributed by atoms with van der Waals surface area (Å²) in [6, 6.07) is 9.28. The highest BCUT2D eigenvalue weighted by Crippen LogP contribution is 2.18. The number of nitrogens with one attached hydrogen (secondary N) is 2. The van der Waals surface area contributed by atoms with Crippen LogP contribution in [-0.2, 0) is 9.59 Å². The second kappa shape index (κ2) is 5.03. The van der Waals surface area contributed by atoms with Crippen molar-refractivity contribution in [2.75, 3.05) is 11.1 Å². The van der Waals surface area contributed by atoms with Crippen LogP contribution in [0.15, 0.2) is 30.3 Å². The van der Waals surface area contributed by atoms with Crippen molar-refractivity contribution in [3.8, 4) is 0 Å². The lowest BCUT2D eigenvalue weighted by molar-refractivity contribution is -0.118. The maximum atomic E-state index is 11.6. The molecular weight excluding hydrogens is 224 g/mol. The Morgan fingerprint density at radius 3 is 2.81 bits per heavy atom. The fourth-order valence-electron chi connectivity index (χ4n) is 1.45. The second-order valence-corrected chi connectivity index (χ2v) is 4.68. The van der Waals surface area contributed by atoms with Gasteiger partial charge in [-0.1, -0.05) is 18.2 Å². The Morgan fingerprint density at radius 2 is 2.19 bits per heavy atom. The van der Waals surface area contributed by atoms with Gasteiger partial charge in [0.05, 0.1) is 17.5 Å². The highest BCUT2D eigenvalue weighted by Gasteiger charge is 2.23. The molecule has 84 valence electrons. The van der Waals surface area contributed by atoms with Crippen LogP contribution in [0.3, 0.4) is 0 Å². The van der Waals surface area contributed by atoms with Crippen LogP contribution >= 0.6 is 11.8 Å². The van der Waals surface area contributed by atoms with Gasteiger partial charge in [0, 0.05) is 5.69 Å². The van der Waals surface area contributed by atoms with Gasteiger partial charge in [0.1, 0.15) is 0 Å². The molecule has 1 unspecified atom stereocenters. The van der Waals surface area contributed by atoms with E-state index in [1.165, 1.54) is 11.8 Å². The summed E-state index contributed by atoms with van der Waals surface area (Å²) in [5.41, 5.74) is 0.779. The van der Waals surface area contributed by atoms with Crippen LogP contribution in [0.25, 0.3) is 0 Å². The molecule has 1 aliphatic heterocycles. The van der Waals surface area contributed by atoms with Crippen LogP contribution in [0, 0.1) is 0 Å². The summed E-state index contributed by atoms with van der Waals surface area (Å²) in [5.74, 6) is 0.372. The average molecular weight is 236 g/mol. The van der Waals surface area contributed by atoms with E-state index in [0.717, 1.165) is 5.69 Å². The van der Waals surface area contributed by atoms with E-state index in [2.05, 4.69) is 10.6 Å². The maximum Gasteiger partial charge on any atom is 0.230 e. The molecule has 0 saturated carbocycles. The third kappa shape index (κ3) is 3.00. The Morgan fingerprint density at radius 1 is 1.44 bits per heavy atom. The van der Waals surface area contributed by atoms with Crippen LogP contribution in [0.4, 0.5) is 5.69 Å². The first-order valence-electron chi connectivity index (χ1n) is 5.00. The van der Waals surface area contributed by atoms with E-state index in [1.807, 2.05) is 30.3 Å². The minimum atomic E-state index is -0.0868.